The predicted octanol–water partition coefficient (Wildman–Crippen LogP) is 2.64. The van der Waals surface area contributed by atoms with Crippen LogP contribution in [-0.2, 0) is 25.5 Å². The number of alkyl halides is 1. The molecule has 10 nitrogen and oxygen atoms in total. The number of piperazine rings is 1. The second-order valence-corrected chi connectivity index (χ2v) is 14.7. The quantitative estimate of drug-likeness (QED) is 0.466. The average molecular weight is 647 g/mol. The van der Waals surface area contributed by atoms with Crippen LogP contribution in [0.2, 0.25) is 0 Å². The number of benzene rings is 1. The van der Waals surface area contributed by atoms with Crippen molar-refractivity contribution in [2.45, 2.75) is 93.9 Å². The number of ketones is 1. The van der Waals surface area contributed by atoms with Crippen molar-refractivity contribution in [1.82, 2.24) is 29.9 Å². The molecular weight excluding hydrogens is 599 g/mol. The van der Waals surface area contributed by atoms with Gasteiger partial charge in [-0.1, -0.05) is 31.0 Å². The second kappa shape index (κ2) is 12.6. The molecule has 5 fully saturated rings. The maximum Gasteiger partial charge on any atom is 0.259 e. The largest absolute Gasteiger partial charge is 0.369 e. The van der Waals surface area contributed by atoms with Crippen molar-refractivity contribution in [1.29, 1.82) is 0 Å². The fourth-order valence-electron chi connectivity index (χ4n) is 9.39. The number of carbonyl (C=O) groups excluding carboxylic acids is 3. The number of hydrogen-bond acceptors (Lipinski definition) is 7. The zero-order valence-corrected chi connectivity index (χ0v) is 27.3. The molecule has 11 heteroatoms. The number of H-pyrrole nitrogens is 1. The van der Waals surface area contributed by atoms with Gasteiger partial charge in [0, 0.05) is 80.9 Å². The van der Waals surface area contributed by atoms with Crippen LogP contribution in [-0.4, -0.2) is 131 Å². The molecule has 2 saturated carbocycles. The lowest BCUT2D eigenvalue weighted by atomic mass is 9.69. The van der Waals surface area contributed by atoms with Crippen LogP contribution in [0.25, 0.3) is 10.9 Å². The van der Waals surface area contributed by atoms with Crippen LogP contribution in [0.15, 0.2) is 42.2 Å². The van der Waals surface area contributed by atoms with Gasteiger partial charge in [-0.2, -0.15) is 0 Å². The van der Waals surface area contributed by atoms with Crippen molar-refractivity contribution in [3.8, 4) is 0 Å². The van der Waals surface area contributed by atoms with E-state index in [0.29, 0.717) is 39.0 Å². The van der Waals surface area contributed by atoms with E-state index in [9.17, 15) is 14.4 Å². The summed E-state index contributed by atoms with van der Waals surface area (Å²) in [6.07, 6.45) is 7.91. The van der Waals surface area contributed by atoms with E-state index in [0.717, 1.165) is 61.7 Å². The van der Waals surface area contributed by atoms with Gasteiger partial charge in [0.2, 0.25) is 5.91 Å². The van der Waals surface area contributed by atoms with Gasteiger partial charge in [-0.25, -0.2) is 4.39 Å². The van der Waals surface area contributed by atoms with Crippen LogP contribution < -0.4 is 5.32 Å². The Bertz CT molecular complexity index is 1550. The molecule has 4 aliphatic heterocycles. The Labute approximate surface area is 275 Å². The SMILES string of the molecule is CN1CCN(C(=O)C2=CN3C4CCCCC4OC4C(N5CCC(NC(=O)CCc6c[nH]c7ccccc67)C5)C(F)CC(C2=O)C43)CC1. The number of hydrogen-bond donors (Lipinski definition) is 2. The number of nitrogens with zero attached hydrogens (tertiary/aromatic N) is 4. The minimum atomic E-state index is -1.26. The topological polar surface area (TPSA) is 101 Å². The van der Waals surface area contributed by atoms with Crippen LogP contribution in [0.1, 0.15) is 50.5 Å². The summed E-state index contributed by atoms with van der Waals surface area (Å²) < 4.78 is 23.3. The maximum atomic E-state index is 16.5. The standard InChI is InChI=1S/C36H47FN6O4/c1-40-14-16-41(17-15-40)36(46)26-21-43-29-8-4-5-9-30(29)47-35-32(43)25(34(26)45)18-27(37)33(35)42-13-12-23(20-42)39-31(44)11-10-22-19-38-28-7-3-2-6-24(22)28/h2-3,6-7,19,21,23,25,27,29-30,32-33,35,38H,4-5,8-18,20H2,1H3,(H,39,44). The second-order valence-electron chi connectivity index (χ2n) is 14.7. The van der Waals surface area contributed by atoms with Gasteiger partial charge in [0.05, 0.1) is 35.9 Å². The number of rotatable bonds is 6. The Morgan fingerprint density at radius 3 is 2.70 bits per heavy atom. The summed E-state index contributed by atoms with van der Waals surface area (Å²) in [5.41, 5.74) is 2.43. The van der Waals surface area contributed by atoms with Crippen LogP contribution in [0, 0.1) is 5.92 Å². The number of amides is 2. The zero-order valence-electron chi connectivity index (χ0n) is 27.3. The molecule has 8 unspecified atom stereocenters. The molecule has 252 valence electrons. The van der Waals surface area contributed by atoms with Gasteiger partial charge in [0.15, 0.2) is 5.78 Å². The van der Waals surface area contributed by atoms with Gasteiger partial charge in [-0.05, 0) is 50.8 Å². The number of para-hydroxylation sites is 1. The summed E-state index contributed by atoms with van der Waals surface area (Å²) in [6.45, 7) is 3.97. The van der Waals surface area contributed by atoms with Crippen LogP contribution in [0.3, 0.4) is 0 Å². The first kappa shape index (κ1) is 31.0. The van der Waals surface area contributed by atoms with Gasteiger partial charge >= 0.3 is 0 Å². The van der Waals surface area contributed by atoms with E-state index in [1.807, 2.05) is 37.6 Å². The van der Waals surface area contributed by atoms with Gasteiger partial charge in [-0.15, -0.1) is 0 Å². The Balaban J connectivity index is 0.974. The van der Waals surface area contributed by atoms with Crippen molar-refractivity contribution in [2.75, 3.05) is 46.3 Å². The highest BCUT2D eigenvalue weighted by Crippen LogP contribution is 2.47. The molecule has 1 aromatic heterocycles. The third-order valence-corrected chi connectivity index (χ3v) is 11.9. The number of nitrogens with one attached hydrogen (secondary N) is 2. The van der Waals surface area contributed by atoms with E-state index in [2.05, 4.69) is 31.1 Å². The van der Waals surface area contributed by atoms with E-state index < -0.39 is 24.2 Å². The molecule has 3 saturated heterocycles. The molecule has 8 atom stereocenters. The summed E-state index contributed by atoms with van der Waals surface area (Å²) in [5.74, 6) is -1.03. The average Bonchev–Trinajstić information content (AvgIpc) is 3.71. The molecule has 2 aromatic rings. The summed E-state index contributed by atoms with van der Waals surface area (Å²) in [6, 6.07) is 7.37. The summed E-state index contributed by atoms with van der Waals surface area (Å²) in [5, 5.41) is 4.36. The van der Waals surface area contributed by atoms with Crippen LogP contribution in [0.4, 0.5) is 4.39 Å². The highest BCUT2D eigenvalue weighted by molar-refractivity contribution is 6.20. The van der Waals surface area contributed by atoms with Crippen molar-refractivity contribution < 1.29 is 23.5 Å². The number of morpholine rings is 1. The van der Waals surface area contributed by atoms with Crippen molar-refractivity contribution >= 4 is 28.5 Å². The lowest BCUT2D eigenvalue weighted by Crippen LogP contribution is -2.73. The van der Waals surface area contributed by atoms with E-state index in [1.54, 1.807) is 4.90 Å². The molecule has 2 N–H and O–H groups in total. The third-order valence-electron chi connectivity index (χ3n) is 11.9. The molecule has 0 radical (unpaired) electrons. The monoisotopic (exact) mass is 646 g/mol. The number of carbonyl (C=O) groups is 3. The number of halogens is 1. The molecule has 6 aliphatic rings. The molecule has 8 rings (SSSR count). The first-order valence-corrected chi connectivity index (χ1v) is 17.7. The van der Waals surface area contributed by atoms with Crippen molar-refractivity contribution in [3.63, 3.8) is 0 Å². The van der Waals surface area contributed by atoms with Crippen LogP contribution >= 0.6 is 0 Å². The third kappa shape index (κ3) is 5.68. The van der Waals surface area contributed by atoms with Crippen LogP contribution in [0.5, 0.6) is 0 Å². The first-order chi connectivity index (χ1) is 22.9. The van der Waals surface area contributed by atoms with E-state index in [-0.39, 0.29) is 53.8 Å². The lowest BCUT2D eigenvalue weighted by molar-refractivity contribution is -0.210. The minimum absolute atomic E-state index is 0.00772. The molecular formula is C36H47FN6O4. The number of aryl methyl sites for hydroxylation is 1. The van der Waals surface area contributed by atoms with Gasteiger partial charge in [0.1, 0.15) is 6.17 Å². The summed E-state index contributed by atoms with van der Waals surface area (Å²) in [4.78, 5) is 52.5. The number of likely N-dealkylation sites (N-methyl/N-ethyl adjacent to an activating group) is 1. The summed E-state index contributed by atoms with van der Waals surface area (Å²) >= 11 is 0. The number of aromatic amines is 1. The van der Waals surface area contributed by atoms with Crippen molar-refractivity contribution in [3.05, 3.63) is 47.8 Å². The highest BCUT2D eigenvalue weighted by Gasteiger charge is 2.60. The molecule has 47 heavy (non-hydrogen) atoms. The van der Waals surface area contributed by atoms with Gasteiger partial charge in [0.25, 0.3) is 5.91 Å². The summed E-state index contributed by atoms with van der Waals surface area (Å²) in [7, 11) is 2.04. The fraction of sp³-hybridized carbons (Fsp3) is 0.639. The first-order valence-electron chi connectivity index (χ1n) is 17.7. The Hall–Kier alpha value is -3.28. The van der Waals surface area contributed by atoms with Gasteiger partial charge in [-0.3, -0.25) is 19.3 Å². The smallest absolute Gasteiger partial charge is 0.259 e. The lowest BCUT2D eigenvalue weighted by Gasteiger charge is -2.60. The molecule has 1 aromatic carbocycles. The number of fused-ring (bicyclic) bond motifs is 3. The van der Waals surface area contributed by atoms with E-state index in [4.69, 9.17) is 4.74 Å². The predicted molar refractivity (Wildman–Crippen MR) is 175 cm³/mol. The Kier molecular flexibility index (Phi) is 8.34. The number of likely N-dealkylation sites (tertiary alicyclic amines) is 1. The number of ether oxygens (including phenoxy) is 1. The van der Waals surface area contributed by atoms with Gasteiger partial charge < -0.3 is 29.7 Å². The zero-order chi connectivity index (χ0) is 32.2. The number of aromatic nitrogens is 1. The van der Waals surface area contributed by atoms with E-state index >= 15 is 4.39 Å². The molecule has 0 bridgehead atoms. The van der Waals surface area contributed by atoms with E-state index in [1.165, 1.54) is 0 Å². The maximum absolute atomic E-state index is 16.5. The molecule has 0 spiro atoms. The minimum Gasteiger partial charge on any atom is -0.369 e. The Morgan fingerprint density at radius 2 is 1.85 bits per heavy atom. The number of Topliss-reactive ketones (excluding diaryl/α,β-unsaturated/α-hetero) is 1. The molecule has 2 amide bonds. The highest BCUT2D eigenvalue weighted by atomic mass is 19.1. The fourth-order valence-corrected chi connectivity index (χ4v) is 9.39. The Morgan fingerprint density at radius 1 is 1.04 bits per heavy atom. The molecule has 2 aliphatic carbocycles. The van der Waals surface area contributed by atoms with Crippen molar-refractivity contribution in [2.24, 2.45) is 5.92 Å². The molecule has 5 heterocycles. The normalized spacial score (nSPS) is 34.6.